The Balaban J connectivity index is 1.47. The number of benzene rings is 2. The standard InChI is InChI=1S/C23H26F2N2O3S/c1-31(29,30)26-16-5-4-11-27(12-10-16)23(28)21-14-19(21)17-6-2-3-7-18(17)20-13-15(24)8-9-22(20)25/h2-3,6-9,13,16,19,21,26H,4-5,10-12,14H2,1H3/t16-,19-,21+/m0/s1. The molecule has 2 aliphatic rings. The summed E-state index contributed by atoms with van der Waals surface area (Å²) in [5.41, 5.74) is 1.68. The van der Waals surface area contributed by atoms with Crippen molar-refractivity contribution in [1.29, 1.82) is 0 Å². The van der Waals surface area contributed by atoms with Crippen molar-refractivity contribution in [2.45, 2.75) is 37.6 Å². The number of sulfonamides is 1. The van der Waals surface area contributed by atoms with Gasteiger partial charge in [-0.25, -0.2) is 21.9 Å². The van der Waals surface area contributed by atoms with E-state index in [2.05, 4.69) is 4.72 Å². The van der Waals surface area contributed by atoms with Crippen LogP contribution >= 0.6 is 0 Å². The predicted molar refractivity (Wildman–Crippen MR) is 115 cm³/mol. The third-order valence-electron chi connectivity index (χ3n) is 6.11. The van der Waals surface area contributed by atoms with Gasteiger partial charge in [-0.05, 0) is 60.9 Å². The number of likely N-dealkylation sites (tertiary alicyclic amines) is 1. The summed E-state index contributed by atoms with van der Waals surface area (Å²) in [4.78, 5) is 14.9. The van der Waals surface area contributed by atoms with Gasteiger partial charge in [-0.3, -0.25) is 4.79 Å². The molecule has 1 saturated heterocycles. The molecule has 1 N–H and O–H groups in total. The van der Waals surface area contributed by atoms with Gasteiger partial charge in [0.2, 0.25) is 15.9 Å². The fourth-order valence-electron chi connectivity index (χ4n) is 4.55. The maximum Gasteiger partial charge on any atom is 0.226 e. The molecule has 166 valence electrons. The Kier molecular flexibility index (Phi) is 6.12. The van der Waals surface area contributed by atoms with E-state index < -0.39 is 21.7 Å². The van der Waals surface area contributed by atoms with E-state index in [4.69, 9.17) is 0 Å². The minimum absolute atomic E-state index is 0.0282. The first-order chi connectivity index (χ1) is 14.7. The zero-order valence-electron chi connectivity index (χ0n) is 17.4. The Morgan fingerprint density at radius 2 is 1.84 bits per heavy atom. The van der Waals surface area contributed by atoms with Crippen molar-refractivity contribution in [1.82, 2.24) is 9.62 Å². The number of rotatable bonds is 5. The van der Waals surface area contributed by atoms with Crippen LogP contribution in [0.5, 0.6) is 0 Å². The molecule has 4 rings (SSSR count). The molecule has 2 aromatic carbocycles. The first-order valence-corrected chi connectivity index (χ1v) is 12.4. The van der Waals surface area contributed by atoms with Gasteiger partial charge in [0.15, 0.2) is 0 Å². The molecule has 1 heterocycles. The van der Waals surface area contributed by atoms with E-state index in [-0.39, 0.29) is 29.3 Å². The quantitative estimate of drug-likeness (QED) is 0.759. The highest BCUT2D eigenvalue weighted by atomic mass is 32.2. The number of hydrogen-bond acceptors (Lipinski definition) is 3. The molecule has 1 aliphatic carbocycles. The summed E-state index contributed by atoms with van der Waals surface area (Å²) in [5.74, 6) is -1.15. The normalized spacial score (nSPS) is 24.0. The highest BCUT2D eigenvalue weighted by molar-refractivity contribution is 7.88. The number of hydrogen-bond donors (Lipinski definition) is 1. The van der Waals surface area contributed by atoms with Crippen LogP contribution in [-0.4, -0.2) is 44.6 Å². The van der Waals surface area contributed by atoms with Crippen molar-refractivity contribution in [3.8, 4) is 11.1 Å². The predicted octanol–water partition coefficient (Wildman–Crippen LogP) is 3.67. The van der Waals surface area contributed by atoms with Gasteiger partial charge in [0.05, 0.1) is 6.26 Å². The number of nitrogens with one attached hydrogen (secondary N) is 1. The molecule has 2 aromatic rings. The zero-order chi connectivity index (χ0) is 22.2. The number of halogens is 2. The Hall–Kier alpha value is -2.32. The summed E-state index contributed by atoms with van der Waals surface area (Å²) in [6.45, 7) is 1.11. The topological polar surface area (TPSA) is 66.5 Å². The van der Waals surface area contributed by atoms with Crippen LogP contribution in [0.25, 0.3) is 11.1 Å². The summed E-state index contributed by atoms with van der Waals surface area (Å²) in [6.07, 6.45) is 3.85. The van der Waals surface area contributed by atoms with E-state index >= 15 is 0 Å². The van der Waals surface area contributed by atoms with E-state index in [1.54, 1.807) is 12.1 Å². The zero-order valence-corrected chi connectivity index (χ0v) is 18.2. The number of carbonyl (C=O) groups excluding carboxylic acids is 1. The van der Waals surface area contributed by atoms with E-state index in [9.17, 15) is 22.0 Å². The second kappa shape index (κ2) is 8.67. The molecule has 1 amide bonds. The Morgan fingerprint density at radius 1 is 1.06 bits per heavy atom. The van der Waals surface area contributed by atoms with Gasteiger partial charge in [0, 0.05) is 30.6 Å². The Labute approximate surface area is 181 Å². The van der Waals surface area contributed by atoms with Crippen LogP contribution in [0, 0.1) is 17.6 Å². The van der Waals surface area contributed by atoms with Crippen molar-refractivity contribution in [3.63, 3.8) is 0 Å². The van der Waals surface area contributed by atoms with E-state index in [1.165, 1.54) is 6.07 Å². The van der Waals surface area contributed by atoms with E-state index in [0.717, 1.165) is 30.4 Å². The van der Waals surface area contributed by atoms with Gasteiger partial charge in [0.1, 0.15) is 11.6 Å². The molecular formula is C23H26F2N2O3S. The lowest BCUT2D eigenvalue weighted by Gasteiger charge is -2.21. The van der Waals surface area contributed by atoms with E-state index in [1.807, 2.05) is 17.0 Å². The van der Waals surface area contributed by atoms with Crippen LogP contribution < -0.4 is 4.72 Å². The minimum Gasteiger partial charge on any atom is -0.342 e. The smallest absolute Gasteiger partial charge is 0.226 e. The van der Waals surface area contributed by atoms with Crippen molar-refractivity contribution in [2.24, 2.45) is 5.92 Å². The fraction of sp³-hybridized carbons (Fsp3) is 0.435. The van der Waals surface area contributed by atoms with Crippen LogP contribution in [-0.2, 0) is 14.8 Å². The summed E-state index contributed by atoms with van der Waals surface area (Å²) in [5, 5.41) is 0. The largest absolute Gasteiger partial charge is 0.342 e. The first-order valence-electron chi connectivity index (χ1n) is 10.5. The third kappa shape index (κ3) is 5.13. The van der Waals surface area contributed by atoms with Gasteiger partial charge in [-0.1, -0.05) is 24.3 Å². The highest BCUT2D eigenvalue weighted by Gasteiger charge is 2.46. The molecule has 1 saturated carbocycles. The van der Waals surface area contributed by atoms with Crippen molar-refractivity contribution in [3.05, 3.63) is 59.7 Å². The van der Waals surface area contributed by atoms with Crippen molar-refractivity contribution >= 4 is 15.9 Å². The van der Waals surface area contributed by atoms with Gasteiger partial charge >= 0.3 is 0 Å². The molecule has 3 atom stereocenters. The van der Waals surface area contributed by atoms with Crippen LogP contribution in [0.4, 0.5) is 8.78 Å². The first kappa shape index (κ1) is 21.9. The molecule has 0 spiro atoms. The van der Waals surface area contributed by atoms with Gasteiger partial charge in [-0.15, -0.1) is 0 Å². The molecular weight excluding hydrogens is 422 g/mol. The maximum absolute atomic E-state index is 14.4. The molecule has 5 nitrogen and oxygen atoms in total. The fourth-order valence-corrected chi connectivity index (χ4v) is 5.39. The maximum atomic E-state index is 14.4. The van der Waals surface area contributed by atoms with Gasteiger partial charge in [0.25, 0.3) is 0 Å². The van der Waals surface area contributed by atoms with Crippen LogP contribution in [0.1, 0.15) is 37.2 Å². The molecule has 0 aromatic heterocycles. The minimum atomic E-state index is -3.28. The third-order valence-corrected chi connectivity index (χ3v) is 6.87. The second-order valence-corrected chi connectivity index (χ2v) is 10.3. The van der Waals surface area contributed by atoms with Crippen LogP contribution in [0.3, 0.4) is 0 Å². The number of nitrogens with zero attached hydrogens (tertiary/aromatic N) is 1. The average Bonchev–Trinajstić information content (AvgIpc) is 3.53. The highest BCUT2D eigenvalue weighted by Crippen LogP contribution is 2.51. The summed E-state index contributed by atoms with van der Waals surface area (Å²) < 4.78 is 53.7. The molecule has 2 fully saturated rings. The van der Waals surface area contributed by atoms with Crippen molar-refractivity contribution < 1.29 is 22.0 Å². The lowest BCUT2D eigenvalue weighted by Crippen LogP contribution is -2.36. The summed E-state index contributed by atoms with van der Waals surface area (Å²) in [6, 6.07) is 10.5. The Morgan fingerprint density at radius 3 is 2.61 bits per heavy atom. The molecule has 1 aliphatic heterocycles. The molecule has 0 bridgehead atoms. The van der Waals surface area contributed by atoms with Crippen molar-refractivity contribution in [2.75, 3.05) is 19.3 Å². The van der Waals surface area contributed by atoms with Crippen LogP contribution in [0.2, 0.25) is 0 Å². The summed E-state index contributed by atoms with van der Waals surface area (Å²) in [7, 11) is -3.28. The Bertz CT molecular complexity index is 1090. The molecule has 31 heavy (non-hydrogen) atoms. The number of carbonyl (C=O) groups is 1. The monoisotopic (exact) mass is 448 g/mol. The van der Waals surface area contributed by atoms with Crippen LogP contribution in [0.15, 0.2) is 42.5 Å². The lowest BCUT2D eigenvalue weighted by atomic mass is 9.95. The average molecular weight is 449 g/mol. The van der Waals surface area contributed by atoms with E-state index in [0.29, 0.717) is 37.9 Å². The lowest BCUT2D eigenvalue weighted by molar-refractivity contribution is -0.132. The summed E-state index contributed by atoms with van der Waals surface area (Å²) >= 11 is 0. The second-order valence-electron chi connectivity index (χ2n) is 8.50. The van der Waals surface area contributed by atoms with Gasteiger partial charge in [-0.2, -0.15) is 0 Å². The molecule has 8 heteroatoms. The molecule has 0 unspecified atom stereocenters. The molecule has 0 radical (unpaired) electrons. The van der Waals surface area contributed by atoms with Gasteiger partial charge < -0.3 is 4.90 Å². The number of amides is 1. The SMILES string of the molecule is CS(=O)(=O)N[C@H]1CCCN(C(=O)[C@@H]2C[C@H]2c2ccccc2-c2cc(F)ccc2F)CC1.